The maximum absolute atomic E-state index is 13.9. The van der Waals surface area contributed by atoms with Gasteiger partial charge in [0.05, 0.1) is 11.1 Å². The van der Waals surface area contributed by atoms with Gasteiger partial charge in [0.25, 0.3) is 5.91 Å². The molecule has 30 heavy (non-hydrogen) atoms. The Balaban J connectivity index is 1.47. The largest absolute Gasteiger partial charge is 0.444 e. The molecule has 0 atom stereocenters. The Morgan fingerprint density at radius 3 is 2.47 bits per heavy atom. The van der Waals surface area contributed by atoms with Crippen molar-refractivity contribution in [3.05, 3.63) is 41.3 Å². The first-order chi connectivity index (χ1) is 14.2. The van der Waals surface area contributed by atoms with Crippen LogP contribution in [0.5, 0.6) is 0 Å². The number of nitrogens with zero attached hydrogens (tertiary/aromatic N) is 2. The Morgan fingerprint density at radius 1 is 1.13 bits per heavy atom. The van der Waals surface area contributed by atoms with E-state index < -0.39 is 11.7 Å². The van der Waals surface area contributed by atoms with E-state index in [9.17, 15) is 14.0 Å². The van der Waals surface area contributed by atoms with Gasteiger partial charge in [0.2, 0.25) is 0 Å². The zero-order valence-electron chi connectivity index (χ0n) is 17.7. The molecule has 2 heterocycles. The number of amides is 2. The molecule has 0 spiro atoms. The molecule has 0 bridgehead atoms. The number of carbonyl (C=O) groups is 2. The fourth-order valence-electron chi connectivity index (χ4n) is 3.86. The number of piperidine rings is 1. The minimum Gasteiger partial charge on any atom is -0.444 e. The van der Waals surface area contributed by atoms with Crippen LogP contribution < -0.4 is 5.32 Å². The van der Waals surface area contributed by atoms with Crippen LogP contribution in [0.3, 0.4) is 0 Å². The van der Waals surface area contributed by atoms with Gasteiger partial charge in [-0.1, -0.05) is 0 Å². The minimum atomic E-state index is -0.544. The first kappa shape index (κ1) is 20.6. The van der Waals surface area contributed by atoms with Crippen LogP contribution in [0.15, 0.2) is 24.3 Å². The van der Waals surface area contributed by atoms with E-state index in [-0.39, 0.29) is 17.8 Å². The van der Waals surface area contributed by atoms with Crippen molar-refractivity contribution in [3.63, 3.8) is 0 Å². The van der Waals surface area contributed by atoms with E-state index in [0.717, 1.165) is 18.5 Å². The molecule has 1 saturated carbocycles. The number of alkyl carbamates (subject to hydrolysis) is 1. The highest BCUT2D eigenvalue weighted by atomic mass is 19.1. The van der Waals surface area contributed by atoms with Crippen LogP contribution in [0.2, 0.25) is 0 Å². The Kier molecular flexibility index (Phi) is 5.38. The van der Waals surface area contributed by atoms with E-state index in [1.165, 1.54) is 12.1 Å². The lowest BCUT2D eigenvalue weighted by molar-refractivity contribution is 0.0474. The van der Waals surface area contributed by atoms with Crippen LogP contribution in [0, 0.1) is 5.82 Å². The van der Waals surface area contributed by atoms with Crippen molar-refractivity contribution in [1.29, 1.82) is 0 Å². The summed E-state index contributed by atoms with van der Waals surface area (Å²) in [5.41, 5.74) is 1.54. The molecule has 1 saturated heterocycles. The summed E-state index contributed by atoms with van der Waals surface area (Å²) in [5, 5.41) is 3.44. The molecule has 160 valence electrons. The van der Waals surface area contributed by atoms with Gasteiger partial charge in [-0.3, -0.25) is 9.78 Å². The number of halogens is 1. The average molecular weight is 413 g/mol. The van der Waals surface area contributed by atoms with Crippen LogP contribution in [0.25, 0.3) is 10.9 Å². The number of ether oxygens (including phenoxy) is 1. The highest BCUT2D eigenvalue weighted by molar-refractivity contribution is 6.06. The Hall–Kier alpha value is -2.70. The summed E-state index contributed by atoms with van der Waals surface area (Å²) in [6.45, 7) is 6.53. The van der Waals surface area contributed by atoms with Gasteiger partial charge in [-0.25, -0.2) is 9.18 Å². The highest BCUT2D eigenvalue weighted by Gasteiger charge is 2.30. The van der Waals surface area contributed by atoms with Gasteiger partial charge in [0, 0.05) is 36.1 Å². The molecule has 1 N–H and O–H groups in total. The molecule has 2 amide bonds. The molecule has 1 aromatic heterocycles. The van der Waals surface area contributed by atoms with E-state index in [1.807, 2.05) is 26.8 Å². The maximum Gasteiger partial charge on any atom is 0.407 e. The van der Waals surface area contributed by atoms with Crippen molar-refractivity contribution in [2.75, 3.05) is 13.1 Å². The highest BCUT2D eigenvalue weighted by Crippen LogP contribution is 2.40. The third-order valence-electron chi connectivity index (χ3n) is 5.52. The number of benzene rings is 1. The summed E-state index contributed by atoms with van der Waals surface area (Å²) in [6, 6.07) is 6.23. The second kappa shape index (κ2) is 7.85. The van der Waals surface area contributed by atoms with Crippen LogP contribution in [-0.2, 0) is 4.74 Å². The normalized spacial score (nSPS) is 17.8. The lowest BCUT2D eigenvalue weighted by atomic mass is 10.0. The van der Waals surface area contributed by atoms with E-state index in [2.05, 4.69) is 10.3 Å². The van der Waals surface area contributed by atoms with Crippen molar-refractivity contribution < 1.29 is 18.7 Å². The van der Waals surface area contributed by atoms with Crippen molar-refractivity contribution in [2.24, 2.45) is 0 Å². The van der Waals surface area contributed by atoms with Crippen molar-refractivity contribution in [1.82, 2.24) is 15.2 Å². The standard InChI is InChI=1S/C23H28FN3O3/c1-23(2,3)30-22(29)25-16-8-10-27(11-9-16)21(28)18-13-20(14-4-5-14)26-19-7-6-15(24)12-17(18)19/h6-7,12-14,16H,4-5,8-11H2,1-3H3,(H,25,29). The van der Waals surface area contributed by atoms with Gasteiger partial charge >= 0.3 is 6.09 Å². The van der Waals surface area contributed by atoms with Crippen LogP contribution in [-0.4, -0.2) is 46.6 Å². The molecule has 0 radical (unpaired) electrons. The first-order valence-electron chi connectivity index (χ1n) is 10.6. The predicted molar refractivity (Wildman–Crippen MR) is 112 cm³/mol. The van der Waals surface area contributed by atoms with E-state index in [0.29, 0.717) is 48.3 Å². The Bertz CT molecular complexity index is 974. The second-order valence-corrected chi connectivity index (χ2v) is 9.24. The Morgan fingerprint density at radius 2 is 1.83 bits per heavy atom. The SMILES string of the molecule is CC(C)(C)OC(=O)NC1CCN(C(=O)c2cc(C3CC3)nc3ccc(F)cc23)CC1. The topological polar surface area (TPSA) is 71.5 Å². The number of fused-ring (bicyclic) bond motifs is 1. The molecule has 2 fully saturated rings. The third kappa shape index (κ3) is 4.71. The van der Waals surface area contributed by atoms with Crippen LogP contribution in [0.1, 0.15) is 68.4 Å². The number of nitrogens with one attached hydrogen (secondary N) is 1. The smallest absolute Gasteiger partial charge is 0.407 e. The molecule has 4 rings (SSSR count). The summed E-state index contributed by atoms with van der Waals surface area (Å²) in [7, 11) is 0. The number of aromatic nitrogens is 1. The van der Waals surface area contributed by atoms with Gasteiger partial charge in [0.15, 0.2) is 0 Å². The quantitative estimate of drug-likeness (QED) is 0.811. The predicted octanol–water partition coefficient (Wildman–Crippen LogP) is 4.38. The lowest BCUT2D eigenvalue weighted by Gasteiger charge is -2.33. The zero-order chi connectivity index (χ0) is 21.5. The number of hydrogen-bond acceptors (Lipinski definition) is 4. The fraction of sp³-hybridized carbons (Fsp3) is 0.522. The van der Waals surface area contributed by atoms with E-state index >= 15 is 0 Å². The molecule has 2 aliphatic rings. The summed E-state index contributed by atoms with van der Waals surface area (Å²) in [5.74, 6) is -0.0850. The van der Waals surface area contributed by atoms with Crippen molar-refractivity contribution >= 4 is 22.9 Å². The lowest BCUT2D eigenvalue weighted by Crippen LogP contribution is -2.47. The monoisotopic (exact) mass is 413 g/mol. The minimum absolute atomic E-state index is 0.0300. The third-order valence-corrected chi connectivity index (χ3v) is 5.52. The number of carbonyl (C=O) groups excluding carboxylic acids is 2. The van der Waals surface area contributed by atoms with Crippen molar-refractivity contribution in [3.8, 4) is 0 Å². The molecule has 2 aromatic rings. The average Bonchev–Trinajstić information content (AvgIpc) is 3.51. The molecular formula is C23H28FN3O3. The molecule has 6 nitrogen and oxygen atoms in total. The van der Waals surface area contributed by atoms with Crippen LogP contribution >= 0.6 is 0 Å². The molecule has 1 aliphatic heterocycles. The number of pyridine rings is 1. The van der Waals surface area contributed by atoms with Crippen LogP contribution in [0.4, 0.5) is 9.18 Å². The Labute approximate surface area is 175 Å². The van der Waals surface area contributed by atoms with E-state index in [1.54, 1.807) is 11.0 Å². The number of rotatable bonds is 3. The summed E-state index contributed by atoms with van der Waals surface area (Å²) < 4.78 is 19.2. The second-order valence-electron chi connectivity index (χ2n) is 9.24. The molecule has 1 aliphatic carbocycles. The van der Waals surface area contributed by atoms with Crippen molar-refractivity contribution in [2.45, 2.75) is 64.0 Å². The number of hydrogen-bond donors (Lipinski definition) is 1. The first-order valence-corrected chi connectivity index (χ1v) is 10.6. The van der Waals surface area contributed by atoms with Gasteiger partial charge in [-0.05, 0) is 70.7 Å². The maximum atomic E-state index is 13.9. The summed E-state index contributed by atoms with van der Waals surface area (Å²) >= 11 is 0. The van der Waals surface area contributed by atoms with Gasteiger partial charge in [0.1, 0.15) is 11.4 Å². The summed E-state index contributed by atoms with van der Waals surface area (Å²) in [6.07, 6.45) is 3.02. The zero-order valence-corrected chi connectivity index (χ0v) is 17.7. The van der Waals surface area contributed by atoms with Gasteiger partial charge < -0.3 is 15.0 Å². The van der Waals surface area contributed by atoms with Gasteiger partial charge in [-0.2, -0.15) is 0 Å². The molecule has 0 unspecified atom stereocenters. The van der Waals surface area contributed by atoms with E-state index in [4.69, 9.17) is 4.74 Å². The molecule has 1 aromatic carbocycles. The number of likely N-dealkylation sites (tertiary alicyclic amines) is 1. The summed E-state index contributed by atoms with van der Waals surface area (Å²) in [4.78, 5) is 31.7. The fourth-order valence-corrected chi connectivity index (χ4v) is 3.86. The van der Waals surface area contributed by atoms with Gasteiger partial charge in [-0.15, -0.1) is 0 Å². The molecule has 7 heteroatoms. The molecular weight excluding hydrogens is 385 g/mol.